The molecule has 4 heteroatoms. The Hall–Kier alpha value is -2.07. The molecule has 0 bridgehead atoms. The van der Waals surface area contributed by atoms with Gasteiger partial charge in [-0.3, -0.25) is 4.79 Å². The summed E-state index contributed by atoms with van der Waals surface area (Å²) in [5.74, 6) is 0.483. The van der Waals surface area contributed by atoms with E-state index in [9.17, 15) is 9.90 Å². The molecule has 1 N–H and O–H groups in total. The number of benzene rings is 1. The molecule has 1 aromatic carbocycles. The third-order valence-electron chi connectivity index (χ3n) is 2.48. The summed E-state index contributed by atoms with van der Waals surface area (Å²) in [4.78, 5) is 11.8. The monoisotopic (exact) mass is 244 g/mol. The van der Waals surface area contributed by atoms with E-state index in [-0.39, 0.29) is 16.8 Å². The van der Waals surface area contributed by atoms with Gasteiger partial charge in [-0.05, 0) is 0 Å². The van der Waals surface area contributed by atoms with Gasteiger partial charge in [0.15, 0.2) is 11.3 Å². The van der Waals surface area contributed by atoms with E-state index in [0.717, 1.165) is 5.56 Å². The van der Waals surface area contributed by atoms with Gasteiger partial charge in [0.1, 0.15) is 10.5 Å². The molecule has 0 amide bonds. The maximum atomic E-state index is 11.8. The largest absolute Gasteiger partial charge is 0.504 e. The first kappa shape index (κ1) is 10.1. The average Bonchev–Trinajstić information content (AvgIpc) is 2.73. The summed E-state index contributed by atoms with van der Waals surface area (Å²) in [7, 11) is 0. The molecule has 0 atom stereocenters. The van der Waals surface area contributed by atoms with Crippen LogP contribution in [0.15, 0.2) is 51.0 Å². The number of rotatable bonds is 1. The van der Waals surface area contributed by atoms with Crippen molar-refractivity contribution < 1.29 is 9.52 Å². The van der Waals surface area contributed by atoms with Gasteiger partial charge in [-0.1, -0.05) is 30.3 Å². The standard InChI is InChI=1S/C13H8O3S/c14-9-6-11(8-4-2-1-3-5-8)16-12-10(15)7-17-13(9)12/h1-7,15H. The first-order chi connectivity index (χ1) is 8.25. The van der Waals surface area contributed by atoms with Gasteiger partial charge >= 0.3 is 0 Å². The van der Waals surface area contributed by atoms with Crippen molar-refractivity contribution in [3.8, 4) is 17.1 Å². The molecule has 0 unspecified atom stereocenters. The molecule has 0 spiro atoms. The quantitative estimate of drug-likeness (QED) is 0.715. The second-order valence-electron chi connectivity index (χ2n) is 3.62. The van der Waals surface area contributed by atoms with Gasteiger partial charge in [0, 0.05) is 17.0 Å². The maximum absolute atomic E-state index is 11.8. The summed E-state index contributed by atoms with van der Waals surface area (Å²) in [5, 5.41) is 11.1. The lowest BCUT2D eigenvalue weighted by Crippen LogP contribution is -1.97. The van der Waals surface area contributed by atoms with Crippen LogP contribution >= 0.6 is 11.3 Å². The first-order valence-corrected chi connectivity index (χ1v) is 5.93. The van der Waals surface area contributed by atoms with Gasteiger partial charge in [-0.15, -0.1) is 11.3 Å². The summed E-state index contributed by atoms with van der Waals surface area (Å²) in [6.45, 7) is 0. The fourth-order valence-corrected chi connectivity index (χ4v) is 2.44. The molecule has 3 nitrogen and oxygen atoms in total. The topological polar surface area (TPSA) is 50.4 Å². The van der Waals surface area contributed by atoms with Gasteiger partial charge in [0.2, 0.25) is 5.43 Å². The Morgan fingerprint density at radius 1 is 1.18 bits per heavy atom. The molecule has 84 valence electrons. The van der Waals surface area contributed by atoms with Crippen molar-refractivity contribution in [3.63, 3.8) is 0 Å². The van der Waals surface area contributed by atoms with Gasteiger partial charge in [-0.25, -0.2) is 0 Å². The summed E-state index contributed by atoms with van der Waals surface area (Å²) < 4.78 is 6.01. The molecular formula is C13H8O3S. The van der Waals surface area contributed by atoms with Gasteiger partial charge in [0.25, 0.3) is 0 Å². The number of hydrogen-bond donors (Lipinski definition) is 1. The van der Waals surface area contributed by atoms with Crippen molar-refractivity contribution in [2.24, 2.45) is 0 Å². The molecule has 0 saturated carbocycles. The van der Waals surface area contributed by atoms with Crippen LogP contribution < -0.4 is 5.43 Å². The van der Waals surface area contributed by atoms with Crippen LogP contribution in [0.2, 0.25) is 0 Å². The van der Waals surface area contributed by atoms with Gasteiger partial charge < -0.3 is 9.52 Å². The molecule has 0 aliphatic heterocycles. The van der Waals surface area contributed by atoms with Crippen molar-refractivity contribution in [1.29, 1.82) is 0 Å². The molecule has 17 heavy (non-hydrogen) atoms. The summed E-state index contributed by atoms with van der Waals surface area (Å²) in [5.41, 5.74) is 0.953. The Bertz CT molecular complexity index is 725. The van der Waals surface area contributed by atoms with Crippen LogP contribution in [0.5, 0.6) is 5.75 Å². The highest BCUT2D eigenvalue weighted by molar-refractivity contribution is 7.17. The maximum Gasteiger partial charge on any atom is 0.203 e. The highest BCUT2D eigenvalue weighted by atomic mass is 32.1. The minimum atomic E-state index is -0.129. The van der Waals surface area contributed by atoms with E-state index < -0.39 is 0 Å². The number of aromatic hydroxyl groups is 1. The molecule has 0 fully saturated rings. The van der Waals surface area contributed by atoms with E-state index in [2.05, 4.69) is 0 Å². The van der Waals surface area contributed by atoms with E-state index in [0.29, 0.717) is 10.5 Å². The fraction of sp³-hybridized carbons (Fsp3) is 0. The van der Waals surface area contributed by atoms with Crippen LogP contribution in [0.4, 0.5) is 0 Å². The highest BCUT2D eigenvalue weighted by Crippen LogP contribution is 2.31. The minimum absolute atomic E-state index is 0.0138. The molecule has 0 aliphatic carbocycles. The molecule has 2 aromatic heterocycles. The number of thiophene rings is 1. The molecule has 0 aliphatic rings. The first-order valence-electron chi connectivity index (χ1n) is 5.05. The van der Waals surface area contributed by atoms with Crippen molar-refractivity contribution >= 4 is 21.6 Å². The highest BCUT2D eigenvalue weighted by Gasteiger charge is 2.11. The molecule has 3 rings (SSSR count). The van der Waals surface area contributed by atoms with Gasteiger partial charge in [-0.2, -0.15) is 0 Å². The fourth-order valence-electron chi connectivity index (χ4n) is 1.68. The Kier molecular flexibility index (Phi) is 2.23. The third-order valence-corrected chi connectivity index (χ3v) is 3.45. The van der Waals surface area contributed by atoms with E-state index in [1.807, 2.05) is 30.3 Å². The minimum Gasteiger partial charge on any atom is -0.504 e. The third kappa shape index (κ3) is 1.62. The molecular weight excluding hydrogens is 236 g/mol. The van der Waals surface area contributed by atoms with Crippen molar-refractivity contribution in [3.05, 3.63) is 52.0 Å². The summed E-state index contributed by atoms with van der Waals surface area (Å²) >= 11 is 1.19. The van der Waals surface area contributed by atoms with Crippen LogP contribution in [0.25, 0.3) is 21.6 Å². The molecule has 3 aromatic rings. The Morgan fingerprint density at radius 3 is 2.71 bits per heavy atom. The van der Waals surface area contributed by atoms with Crippen molar-refractivity contribution in [1.82, 2.24) is 0 Å². The lowest BCUT2D eigenvalue weighted by atomic mass is 10.1. The molecule has 2 heterocycles. The smallest absolute Gasteiger partial charge is 0.203 e. The van der Waals surface area contributed by atoms with E-state index in [1.165, 1.54) is 22.8 Å². The average molecular weight is 244 g/mol. The van der Waals surface area contributed by atoms with E-state index in [1.54, 1.807) is 0 Å². The number of hydrogen-bond acceptors (Lipinski definition) is 4. The van der Waals surface area contributed by atoms with Crippen LogP contribution in [0.3, 0.4) is 0 Å². The van der Waals surface area contributed by atoms with E-state index >= 15 is 0 Å². The van der Waals surface area contributed by atoms with E-state index in [4.69, 9.17) is 4.42 Å². The second-order valence-corrected chi connectivity index (χ2v) is 4.50. The zero-order valence-corrected chi connectivity index (χ0v) is 9.53. The lowest BCUT2D eigenvalue weighted by Gasteiger charge is -2.00. The SMILES string of the molecule is O=c1cc(-c2ccccc2)oc2c(O)csc12. The van der Waals surface area contributed by atoms with Crippen LogP contribution in [-0.2, 0) is 0 Å². The van der Waals surface area contributed by atoms with Crippen LogP contribution in [0.1, 0.15) is 0 Å². The predicted octanol–water partition coefficient (Wildman–Crippen LogP) is 3.23. The predicted molar refractivity (Wildman–Crippen MR) is 67.5 cm³/mol. The molecule has 0 radical (unpaired) electrons. The normalized spacial score (nSPS) is 10.8. The Labute approximate surface area is 101 Å². The Morgan fingerprint density at radius 2 is 1.94 bits per heavy atom. The zero-order valence-electron chi connectivity index (χ0n) is 8.71. The lowest BCUT2D eigenvalue weighted by molar-refractivity contribution is 0.467. The van der Waals surface area contributed by atoms with Crippen molar-refractivity contribution in [2.75, 3.05) is 0 Å². The summed E-state index contributed by atoms with van der Waals surface area (Å²) in [6, 6.07) is 10.8. The Balaban J connectivity index is 2.32. The summed E-state index contributed by atoms with van der Waals surface area (Å²) in [6.07, 6.45) is 0. The second kappa shape index (κ2) is 3.75. The van der Waals surface area contributed by atoms with Crippen molar-refractivity contribution in [2.45, 2.75) is 0 Å². The molecule has 0 saturated heterocycles. The van der Waals surface area contributed by atoms with Crippen LogP contribution in [-0.4, -0.2) is 5.11 Å². The zero-order chi connectivity index (χ0) is 11.8. The van der Waals surface area contributed by atoms with Gasteiger partial charge in [0.05, 0.1) is 0 Å². The number of fused-ring (bicyclic) bond motifs is 1. The van der Waals surface area contributed by atoms with Crippen LogP contribution in [0, 0.1) is 0 Å².